The lowest BCUT2D eigenvalue weighted by Gasteiger charge is -2.23. The number of fused-ring (bicyclic) bond motifs is 1. The molecule has 27 heavy (non-hydrogen) atoms. The van der Waals surface area contributed by atoms with Gasteiger partial charge in [-0.25, -0.2) is 9.80 Å². The maximum absolute atomic E-state index is 12.5. The van der Waals surface area contributed by atoms with E-state index in [0.717, 1.165) is 11.3 Å². The highest BCUT2D eigenvalue weighted by Crippen LogP contribution is 2.27. The number of carbonyl (C=O) groups is 3. The van der Waals surface area contributed by atoms with Crippen LogP contribution < -0.4 is 15.1 Å². The molecular weight excluding hydrogens is 346 g/mol. The predicted octanol–water partition coefficient (Wildman–Crippen LogP) is 2.66. The van der Waals surface area contributed by atoms with E-state index in [1.54, 1.807) is 42.5 Å². The first-order chi connectivity index (χ1) is 13.1. The van der Waals surface area contributed by atoms with E-state index in [1.807, 2.05) is 6.07 Å². The fourth-order valence-corrected chi connectivity index (χ4v) is 3.06. The number of esters is 1. The second-order valence-corrected chi connectivity index (χ2v) is 6.34. The Kier molecular flexibility index (Phi) is 4.42. The Morgan fingerprint density at radius 2 is 1.81 bits per heavy atom. The van der Waals surface area contributed by atoms with Crippen LogP contribution >= 0.6 is 0 Å². The van der Waals surface area contributed by atoms with Crippen LogP contribution in [0.4, 0.5) is 11.4 Å². The number of carbonyl (C=O) groups excluding carboxylic acids is 3. The Labute approximate surface area is 155 Å². The van der Waals surface area contributed by atoms with Crippen molar-refractivity contribution in [2.75, 3.05) is 10.3 Å². The van der Waals surface area contributed by atoms with Gasteiger partial charge in [-0.2, -0.15) is 5.10 Å². The number of rotatable bonds is 3. The maximum Gasteiger partial charge on any atom is 0.359 e. The highest BCUT2D eigenvalue weighted by molar-refractivity contribution is 6.38. The zero-order chi connectivity index (χ0) is 18.8. The fourth-order valence-electron chi connectivity index (χ4n) is 3.06. The van der Waals surface area contributed by atoms with E-state index in [2.05, 4.69) is 10.4 Å². The van der Waals surface area contributed by atoms with Crippen molar-refractivity contribution in [3.8, 4) is 5.75 Å². The minimum absolute atomic E-state index is 0.0190. The number of nitrogens with one attached hydrogen (secondary N) is 1. The van der Waals surface area contributed by atoms with Gasteiger partial charge in [0.05, 0.1) is 5.69 Å². The van der Waals surface area contributed by atoms with Crippen LogP contribution in [0.2, 0.25) is 0 Å². The lowest BCUT2D eigenvalue weighted by molar-refractivity contribution is -0.127. The second kappa shape index (κ2) is 7.03. The summed E-state index contributed by atoms with van der Waals surface area (Å²) in [5.74, 6) is -0.374. The van der Waals surface area contributed by atoms with Gasteiger partial charge in [0.1, 0.15) is 11.5 Å². The van der Waals surface area contributed by atoms with Crippen molar-refractivity contribution in [1.82, 2.24) is 0 Å². The largest absolute Gasteiger partial charge is 0.422 e. The van der Waals surface area contributed by atoms with Crippen LogP contribution in [0.25, 0.3) is 0 Å². The van der Waals surface area contributed by atoms with Crippen LogP contribution in [-0.2, 0) is 20.8 Å². The van der Waals surface area contributed by atoms with Gasteiger partial charge in [-0.3, -0.25) is 9.59 Å². The third-order valence-corrected chi connectivity index (χ3v) is 4.45. The molecule has 2 aliphatic rings. The van der Waals surface area contributed by atoms with Crippen LogP contribution in [0.15, 0.2) is 53.6 Å². The van der Waals surface area contributed by atoms with E-state index in [0.29, 0.717) is 24.3 Å². The first-order valence-electron chi connectivity index (χ1n) is 8.70. The van der Waals surface area contributed by atoms with Gasteiger partial charge < -0.3 is 10.1 Å². The van der Waals surface area contributed by atoms with Crippen molar-refractivity contribution in [2.24, 2.45) is 5.10 Å². The van der Waals surface area contributed by atoms with Crippen LogP contribution in [0.1, 0.15) is 24.8 Å². The van der Waals surface area contributed by atoms with Gasteiger partial charge in [-0.1, -0.05) is 18.2 Å². The summed E-state index contributed by atoms with van der Waals surface area (Å²) >= 11 is 0. The van der Waals surface area contributed by atoms with Gasteiger partial charge in [0.15, 0.2) is 0 Å². The van der Waals surface area contributed by atoms with E-state index in [4.69, 9.17) is 4.74 Å². The number of amides is 2. The number of anilines is 2. The summed E-state index contributed by atoms with van der Waals surface area (Å²) < 4.78 is 5.45. The molecule has 7 nitrogen and oxygen atoms in total. The van der Waals surface area contributed by atoms with Crippen LogP contribution in [0.3, 0.4) is 0 Å². The number of ether oxygens (including phenoxy) is 1. The molecule has 0 atom stereocenters. The summed E-state index contributed by atoms with van der Waals surface area (Å²) in [5, 5.41) is 8.22. The average molecular weight is 363 g/mol. The van der Waals surface area contributed by atoms with Gasteiger partial charge >= 0.3 is 5.97 Å². The summed E-state index contributed by atoms with van der Waals surface area (Å²) in [7, 11) is 0. The van der Waals surface area contributed by atoms with Crippen molar-refractivity contribution in [3.05, 3.63) is 54.1 Å². The molecule has 1 N–H and O–H groups in total. The molecule has 2 heterocycles. The SMILES string of the molecule is O=C1CCc2cc(OC(=O)C3=NN(c4ccccc4)C(=O)CC3)ccc2N1. The number of aryl methyl sites for hydroxylation is 1. The van der Waals surface area contributed by atoms with Gasteiger partial charge in [0.2, 0.25) is 11.8 Å². The Hall–Kier alpha value is -3.48. The molecule has 0 radical (unpaired) electrons. The molecule has 0 fully saturated rings. The lowest BCUT2D eigenvalue weighted by atomic mass is 10.0. The third-order valence-electron chi connectivity index (χ3n) is 4.45. The quantitative estimate of drug-likeness (QED) is 0.671. The van der Waals surface area contributed by atoms with Gasteiger partial charge in [-0.15, -0.1) is 0 Å². The minimum Gasteiger partial charge on any atom is -0.422 e. The molecule has 0 aromatic heterocycles. The molecule has 0 bridgehead atoms. The zero-order valence-corrected chi connectivity index (χ0v) is 14.5. The first kappa shape index (κ1) is 17.0. The van der Waals surface area contributed by atoms with Crippen molar-refractivity contribution < 1.29 is 19.1 Å². The Bertz CT molecular complexity index is 953. The summed E-state index contributed by atoms with van der Waals surface area (Å²) in [6, 6.07) is 14.1. The smallest absolute Gasteiger partial charge is 0.359 e. The molecule has 0 saturated heterocycles. The maximum atomic E-state index is 12.5. The minimum atomic E-state index is -0.580. The van der Waals surface area contributed by atoms with E-state index >= 15 is 0 Å². The molecule has 7 heteroatoms. The second-order valence-electron chi connectivity index (χ2n) is 6.34. The molecular formula is C20H17N3O4. The Balaban J connectivity index is 1.53. The molecule has 0 saturated carbocycles. The standard InChI is InChI=1S/C20H17N3O4/c24-18-10-6-13-12-15(7-8-16(13)21-18)27-20(26)17-9-11-19(25)23(22-17)14-4-2-1-3-5-14/h1-5,7-8,12H,6,9-11H2,(H,21,24). The Morgan fingerprint density at radius 3 is 2.63 bits per heavy atom. The van der Waals surface area contributed by atoms with Crippen molar-refractivity contribution in [3.63, 3.8) is 0 Å². The van der Waals surface area contributed by atoms with Gasteiger partial charge in [0, 0.05) is 24.9 Å². The van der Waals surface area contributed by atoms with E-state index < -0.39 is 5.97 Å². The molecule has 4 rings (SSSR count). The summed E-state index contributed by atoms with van der Waals surface area (Å²) in [5.41, 5.74) is 2.47. The molecule has 2 aromatic carbocycles. The van der Waals surface area contributed by atoms with Crippen LogP contribution in [0.5, 0.6) is 5.75 Å². The summed E-state index contributed by atoms with van der Waals surface area (Å²) in [6.45, 7) is 0. The topological polar surface area (TPSA) is 88.1 Å². The Morgan fingerprint density at radius 1 is 1.00 bits per heavy atom. The van der Waals surface area contributed by atoms with E-state index in [-0.39, 0.29) is 30.4 Å². The van der Waals surface area contributed by atoms with Crippen molar-refractivity contribution in [1.29, 1.82) is 0 Å². The van der Waals surface area contributed by atoms with E-state index in [9.17, 15) is 14.4 Å². The number of nitrogens with zero attached hydrogens (tertiary/aromatic N) is 2. The highest BCUT2D eigenvalue weighted by Gasteiger charge is 2.27. The van der Waals surface area contributed by atoms with Crippen molar-refractivity contribution in [2.45, 2.75) is 25.7 Å². The monoisotopic (exact) mass is 363 g/mol. The third kappa shape index (κ3) is 3.57. The molecule has 0 spiro atoms. The summed E-state index contributed by atoms with van der Waals surface area (Å²) in [4.78, 5) is 36.1. The fraction of sp³-hybridized carbons (Fsp3) is 0.200. The molecule has 136 valence electrons. The van der Waals surface area contributed by atoms with E-state index in [1.165, 1.54) is 5.01 Å². The lowest BCUT2D eigenvalue weighted by Crippen LogP contribution is -2.35. The van der Waals surface area contributed by atoms with Crippen LogP contribution in [-0.4, -0.2) is 23.5 Å². The number of hydrogen-bond acceptors (Lipinski definition) is 5. The van der Waals surface area contributed by atoms with Gasteiger partial charge in [-0.05, 0) is 42.3 Å². The number of benzene rings is 2. The molecule has 2 amide bonds. The molecule has 2 aromatic rings. The number of hydrazone groups is 1. The zero-order valence-electron chi connectivity index (χ0n) is 14.5. The molecule has 2 aliphatic heterocycles. The number of para-hydroxylation sites is 1. The average Bonchev–Trinajstić information content (AvgIpc) is 2.69. The highest BCUT2D eigenvalue weighted by atomic mass is 16.5. The summed E-state index contributed by atoms with van der Waals surface area (Å²) in [6.07, 6.45) is 1.44. The molecule has 0 unspecified atom stereocenters. The molecule has 0 aliphatic carbocycles. The number of hydrogen-bond donors (Lipinski definition) is 1. The van der Waals surface area contributed by atoms with Crippen LogP contribution in [0, 0.1) is 0 Å². The van der Waals surface area contributed by atoms with Crippen molar-refractivity contribution >= 4 is 34.9 Å². The van der Waals surface area contributed by atoms with Gasteiger partial charge in [0.25, 0.3) is 0 Å². The first-order valence-corrected chi connectivity index (χ1v) is 8.70. The normalized spacial score (nSPS) is 16.3. The predicted molar refractivity (Wildman–Crippen MR) is 99.6 cm³/mol.